The van der Waals surface area contributed by atoms with E-state index < -0.39 is 41.9 Å². The predicted molar refractivity (Wildman–Crippen MR) is 63.7 cm³/mol. The van der Waals surface area contributed by atoms with Gasteiger partial charge >= 0.3 is 5.69 Å². The van der Waals surface area contributed by atoms with Crippen LogP contribution in [0.4, 0.5) is 0 Å². The van der Waals surface area contributed by atoms with Gasteiger partial charge in [0.05, 0.1) is 6.61 Å². The van der Waals surface area contributed by atoms with Crippen LogP contribution in [-0.2, 0) is 10.5 Å². The Balaban J connectivity index is 2.55. The summed E-state index contributed by atoms with van der Waals surface area (Å²) in [6.07, 6.45) is -2.49. The fourth-order valence-electron chi connectivity index (χ4n) is 2.21. The van der Waals surface area contributed by atoms with E-state index in [4.69, 9.17) is 9.84 Å². The van der Waals surface area contributed by atoms with Crippen molar-refractivity contribution in [2.24, 2.45) is 0 Å². The van der Waals surface area contributed by atoms with Gasteiger partial charge in [0.25, 0.3) is 5.56 Å². The second kappa shape index (κ2) is 4.57. The van der Waals surface area contributed by atoms with Crippen molar-refractivity contribution in [2.75, 3.05) is 6.61 Å². The highest BCUT2D eigenvalue weighted by atomic mass is 16.6. The normalized spacial score (nSPS) is 34.7. The summed E-state index contributed by atoms with van der Waals surface area (Å²) in [7, 11) is 0. The number of aromatic amines is 1. The molecule has 2 rings (SSSR count). The Hall–Kier alpha value is -1.48. The van der Waals surface area contributed by atoms with Crippen LogP contribution in [0, 0.1) is 6.92 Å². The number of aryl methyl sites for hydroxylation is 1. The van der Waals surface area contributed by atoms with Gasteiger partial charge in [0, 0.05) is 11.8 Å². The van der Waals surface area contributed by atoms with E-state index in [0.29, 0.717) is 0 Å². The molecule has 1 aromatic heterocycles. The average molecular weight is 272 g/mol. The maximum Gasteiger partial charge on any atom is 0.330 e. The predicted octanol–water partition coefficient (Wildman–Crippen LogP) is -2.37. The molecule has 1 aliphatic heterocycles. The lowest BCUT2D eigenvalue weighted by Gasteiger charge is -2.29. The third-order valence-corrected chi connectivity index (χ3v) is 3.42. The van der Waals surface area contributed by atoms with Crippen molar-refractivity contribution in [3.05, 3.63) is 32.6 Å². The van der Waals surface area contributed by atoms with Crippen molar-refractivity contribution in [1.29, 1.82) is 0 Å². The van der Waals surface area contributed by atoms with Crippen molar-refractivity contribution < 1.29 is 20.1 Å². The van der Waals surface area contributed by atoms with Crippen LogP contribution in [0.5, 0.6) is 0 Å². The van der Waals surface area contributed by atoms with Crippen molar-refractivity contribution in [2.45, 2.75) is 37.9 Å². The second-order valence-electron chi connectivity index (χ2n) is 4.77. The van der Waals surface area contributed by atoms with Crippen LogP contribution in [0.15, 0.2) is 15.8 Å². The summed E-state index contributed by atoms with van der Waals surface area (Å²) in [5.41, 5.74) is -2.59. The van der Waals surface area contributed by atoms with Crippen LogP contribution in [0.1, 0.15) is 12.5 Å². The van der Waals surface area contributed by atoms with Gasteiger partial charge in [-0.15, -0.1) is 0 Å². The minimum atomic E-state index is -1.56. The lowest BCUT2D eigenvalue weighted by Crippen LogP contribution is -2.49. The number of rotatable bonds is 2. The summed E-state index contributed by atoms with van der Waals surface area (Å²) in [6, 6.07) is 0. The summed E-state index contributed by atoms with van der Waals surface area (Å²) in [5.74, 6) is 0. The summed E-state index contributed by atoms with van der Waals surface area (Å²) in [5, 5.41) is 28.8. The molecule has 0 unspecified atom stereocenters. The molecule has 0 aliphatic carbocycles. The summed E-state index contributed by atoms with van der Waals surface area (Å²) in [4.78, 5) is 25.2. The zero-order valence-electron chi connectivity index (χ0n) is 10.5. The fourth-order valence-corrected chi connectivity index (χ4v) is 2.21. The molecular formula is C11H16N2O6. The van der Waals surface area contributed by atoms with E-state index in [1.807, 2.05) is 0 Å². The van der Waals surface area contributed by atoms with Crippen LogP contribution in [0.25, 0.3) is 0 Å². The molecule has 0 spiro atoms. The van der Waals surface area contributed by atoms with Gasteiger partial charge in [0.15, 0.2) is 5.72 Å². The summed E-state index contributed by atoms with van der Waals surface area (Å²) < 4.78 is 6.38. The van der Waals surface area contributed by atoms with Crippen LogP contribution in [0.3, 0.4) is 0 Å². The van der Waals surface area contributed by atoms with Crippen molar-refractivity contribution >= 4 is 0 Å². The number of nitrogens with zero attached hydrogens (tertiary/aromatic N) is 1. The molecule has 19 heavy (non-hydrogen) atoms. The van der Waals surface area contributed by atoms with Gasteiger partial charge in [-0.2, -0.15) is 0 Å². The van der Waals surface area contributed by atoms with Gasteiger partial charge < -0.3 is 20.1 Å². The third-order valence-electron chi connectivity index (χ3n) is 3.42. The van der Waals surface area contributed by atoms with E-state index in [2.05, 4.69) is 4.98 Å². The fraction of sp³-hybridized carbons (Fsp3) is 0.636. The third kappa shape index (κ3) is 2.02. The molecule has 1 aliphatic rings. The van der Waals surface area contributed by atoms with Crippen LogP contribution in [0.2, 0.25) is 0 Å². The Bertz CT molecular complexity index is 594. The molecule has 4 atom stereocenters. The van der Waals surface area contributed by atoms with E-state index in [9.17, 15) is 19.8 Å². The van der Waals surface area contributed by atoms with Gasteiger partial charge in [-0.3, -0.25) is 14.3 Å². The number of ether oxygens (including phenoxy) is 1. The molecule has 1 fully saturated rings. The van der Waals surface area contributed by atoms with E-state index in [0.717, 1.165) is 4.57 Å². The standard InChI is InChI=1S/C11H16N2O6/c1-5-3-13(10(18)12-9(5)17)11(2)8(16)7(15)6(4-14)19-11/h3,6-8,14-16H,4H2,1-2H3,(H,12,17,18)/t6-,7+,8+,11-/m1/s1. The SMILES string of the molecule is Cc1cn([C@]2(C)O[C@H](CO)[C@H](O)[C@@H]2O)c(=O)[nH]c1=O. The zero-order valence-corrected chi connectivity index (χ0v) is 10.5. The number of hydrogen-bond donors (Lipinski definition) is 4. The molecule has 8 heteroatoms. The average Bonchev–Trinajstić information content (AvgIpc) is 2.59. The molecule has 8 nitrogen and oxygen atoms in total. The molecular weight excluding hydrogens is 256 g/mol. The van der Waals surface area contributed by atoms with Crippen molar-refractivity contribution in [1.82, 2.24) is 9.55 Å². The van der Waals surface area contributed by atoms with Crippen molar-refractivity contribution in [3.63, 3.8) is 0 Å². The summed E-state index contributed by atoms with van der Waals surface area (Å²) >= 11 is 0. The Morgan fingerprint density at radius 1 is 1.47 bits per heavy atom. The quantitative estimate of drug-likeness (QED) is 0.477. The molecule has 0 bridgehead atoms. The first-order valence-corrected chi connectivity index (χ1v) is 5.79. The number of hydrogen-bond acceptors (Lipinski definition) is 6. The zero-order chi connectivity index (χ0) is 14.4. The van der Waals surface area contributed by atoms with Gasteiger partial charge in [0.2, 0.25) is 0 Å². The number of aliphatic hydroxyl groups is 3. The smallest absolute Gasteiger partial charge is 0.330 e. The minimum absolute atomic E-state index is 0.263. The number of aliphatic hydroxyl groups excluding tert-OH is 3. The van der Waals surface area contributed by atoms with Gasteiger partial charge in [-0.25, -0.2) is 4.79 Å². The van der Waals surface area contributed by atoms with Gasteiger partial charge in [-0.1, -0.05) is 0 Å². The second-order valence-corrected chi connectivity index (χ2v) is 4.77. The van der Waals surface area contributed by atoms with Crippen molar-refractivity contribution in [3.8, 4) is 0 Å². The highest BCUT2D eigenvalue weighted by Gasteiger charge is 2.52. The maximum absolute atomic E-state index is 11.8. The monoisotopic (exact) mass is 272 g/mol. The Labute approximate surface area is 107 Å². The van der Waals surface area contributed by atoms with E-state index in [1.165, 1.54) is 20.0 Å². The van der Waals surface area contributed by atoms with E-state index in [1.54, 1.807) is 0 Å². The molecule has 4 N–H and O–H groups in total. The Kier molecular flexibility index (Phi) is 3.35. The lowest BCUT2D eigenvalue weighted by atomic mass is 10.0. The first-order valence-electron chi connectivity index (χ1n) is 5.79. The molecule has 1 saturated heterocycles. The largest absolute Gasteiger partial charge is 0.394 e. The molecule has 0 amide bonds. The summed E-state index contributed by atoms with van der Waals surface area (Å²) in [6.45, 7) is 2.40. The van der Waals surface area contributed by atoms with Crippen LogP contribution in [-0.4, -0.2) is 49.8 Å². The van der Waals surface area contributed by atoms with Gasteiger partial charge in [0.1, 0.15) is 18.3 Å². The van der Waals surface area contributed by atoms with E-state index >= 15 is 0 Å². The maximum atomic E-state index is 11.8. The van der Waals surface area contributed by atoms with E-state index in [-0.39, 0.29) is 5.56 Å². The number of aromatic nitrogens is 2. The molecule has 0 saturated carbocycles. The van der Waals surface area contributed by atoms with Crippen LogP contribution >= 0.6 is 0 Å². The highest BCUT2D eigenvalue weighted by molar-refractivity contribution is 5.06. The number of nitrogens with one attached hydrogen (secondary N) is 1. The first-order chi connectivity index (χ1) is 8.81. The van der Waals surface area contributed by atoms with Gasteiger partial charge in [-0.05, 0) is 13.8 Å². The molecule has 0 radical (unpaired) electrons. The Morgan fingerprint density at radius 3 is 2.63 bits per heavy atom. The number of H-pyrrole nitrogens is 1. The molecule has 2 heterocycles. The van der Waals surface area contributed by atoms with Crippen LogP contribution < -0.4 is 11.2 Å². The topological polar surface area (TPSA) is 125 Å². The molecule has 0 aromatic carbocycles. The Morgan fingerprint density at radius 2 is 2.11 bits per heavy atom. The lowest BCUT2D eigenvalue weighted by molar-refractivity contribution is -0.137. The first kappa shape index (κ1) is 13.9. The minimum Gasteiger partial charge on any atom is -0.394 e. The molecule has 1 aromatic rings. The molecule has 106 valence electrons. The highest BCUT2D eigenvalue weighted by Crippen LogP contribution is 2.34.